The lowest BCUT2D eigenvalue weighted by Gasteiger charge is -2.03. The molecule has 0 bridgehead atoms. The average Bonchev–Trinajstić information content (AvgIpc) is 2.72. The molecule has 0 N–H and O–H groups in total. The lowest BCUT2D eigenvalue weighted by atomic mass is 10.1. The molecule has 0 aliphatic heterocycles. The van der Waals surface area contributed by atoms with Gasteiger partial charge in [-0.3, -0.25) is 4.79 Å². The highest BCUT2D eigenvalue weighted by molar-refractivity contribution is 7.13. The minimum atomic E-state index is -1.10. The fourth-order valence-electron chi connectivity index (χ4n) is 1.42. The van der Waals surface area contributed by atoms with Crippen LogP contribution in [-0.2, 0) is 0 Å². The van der Waals surface area contributed by atoms with Gasteiger partial charge in [-0.1, -0.05) is 6.07 Å². The molecule has 0 fully saturated rings. The third kappa shape index (κ3) is 2.10. The minimum absolute atomic E-state index is 0.180. The van der Waals surface area contributed by atoms with Gasteiger partial charge in [-0.2, -0.15) is 0 Å². The van der Waals surface area contributed by atoms with Crippen molar-refractivity contribution in [3.05, 3.63) is 51.0 Å². The van der Waals surface area contributed by atoms with Gasteiger partial charge in [0.25, 0.3) is 0 Å². The van der Waals surface area contributed by atoms with Crippen molar-refractivity contribution in [2.75, 3.05) is 0 Å². The first-order valence-electron chi connectivity index (χ1n) is 4.92. The van der Waals surface area contributed by atoms with Crippen LogP contribution in [-0.4, -0.2) is 10.8 Å². The summed E-state index contributed by atoms with van der Waals surface area (Å²) in [6.07, 6.45) is 1.37. The summed E-state index contributed by atoms with van der Waals surface area (Å²) in [5, 5.41) is 0.710. The van der Waals surface area contributed by atoms with Crippen LogP contribution in [0.4, 0.5) is 8.78 Å². The molecule has 0 aliphatic carbocycles. The molecule has 2 aromatic rings. The summed E-state index contributed by atoms with van der Waals surface area (Å²) < 4.78 is 26.9. The van der Waals surface area contributed by atoms with Gasteiger partial charge in [0.15, 0.2) is 11.6 Å². The number of rotatable bonds is 2. The minimum Gasteiger partial charge on any atom is -0.288 e. The average molecular weight is 253 g/mol. The summed E-state index contributed by atoms with van der Waals surface area (Å²) in [7, 11) is 0. The Morgan fingerprint density at radius 2 is 1.94 bits per heavy atom. The van der Waals surface area contributed by atoms with Crippen molar-refractivity contribution in [2.45, 2.75) is 13.8 Å². The molecule has 0 spiro atoms. The Bertz CT molecular complexity index is 592. The monoisotopic (exact) mass is 253 g/mol. The van der Waals surface area contributed by atoms with Crippen molar-refractivity contribution in [2.24, 2.45) is 0 Å². The molecule has 5 heteroatoms. The number of hydrogen-bond acceptors (Lipinski definition) is 3. The van der Waals surface area contributed by atoms with Crippen LogP contribution in [0.15, 0.2) is 18.3 Å². The van der Waals surface area contributed by atoms with Crippen molar-refractivity contribution in [1.29, 1.82) is 0 Å². The molecule has 2 rings (SSSR count). The molecule has 0 amide bonds. The second-order valence-corrected chi connectivity index (χ2v) is 4.87. The topological polar surface area (TPSA) is 30.0 Å². The van der Waals surface area contributed by atoms with Gasteiger partial charge < -0.3 is 0 Å². The first-order chi connectivity index (χ1) is 8.00. The van der Waals surface area contributed by atoms with E-state index in [-0.39, 0.29) is 11.1 Å². The van der Waals surface area contributed by atoms with E-state index in [0.29, 0.717) is 9.88 Å². The number of carbonyl (C=O) groups is 1. The van der Waals surface area contributed by atoms with Gasteiger partial charge >= 0.3 is 0 Å². The third-order valence-corrected chi connectivity index (χ3v) is 3.28. The number of aryl methyl sites for hydroxylation is 2. The highest BCUT2D eigenvalue weighted by atomic mass is 32.1. The second-order valence-electron chi connectivity index (χ2n) is 3.63. The first kappa shape index (κ1) is 11.9. The van der Waals surface area contributed by atoms with E-state index in [4.69, 9.17) is 0 Å². The highest BCUT2D eigenvalue weighted by Crippen LogP contribution is 2.21. The number of halogens is 2. The zero-order valence-corrected chi connectivity index (χ0v) is 10.1. The lowest BCUT2D eigenvalue weighted by molar-refractivity contribution is 0.103. The smallest absolute Gasteiger partial charge is 0.207 e. The van der Waals surface area contributed by atoms with E-state index in [9.17, 15) is 13.6 Å². The van der Waals surface area contributed by atoms with Crippen molar-refractivity contribution >= 4 is 17.1 Å². The molecule has 0 aliphatic rings. The van der Waals surface area contributed by atoms with Gasteiger partial charge in [-0.15, -0.1) is 11.3 Å². The molecule has 0 unspecified atom stereocenters. The van der Waals surface area contributed by atoms with E-state index < -0.39 is 17.4 Å². The maximum Gasteiger partial charge on any atom is 0.207 e. The van der Waals surface area contributed by atoms with Crippen molar-refractivity contribution < 1.29 is 13.6 Å². The molecule has 2 nitrogen and oxygen atoms in total. The van der Waals surface area contributed by atoms with E-state index in [2.05, 4.69) is 4.98 Å². The number of carbonyl (C=O) groups excluding carboxylic acids is 1. The standard InChI is InChI=1S/C12H9F2NOS/c1-6-3-4-8(11(14)10(6)13)12(16)9-5-15-7(2)17-9/h3-5H,1-2H3. The molecule has 0 radical (unpaired) electrons. The molecule has 0 saturated heterocycles. The predicted molar refractivity (Wildman–Crippen MR) is 61.4 cm³/mol. The predicted octanol–water partition coefficient (Wildman–Crippen LogP) is 3.27. The van der Waals surface area contributed by atoms with E-state index in [1.807, 2.05) is 0 Å². The van der Waals surface area contributed by atoms with Crippen LogP contribution in [0.5, 0.6) is 0 Å². The molecule has 17 heavy (non-hydrogen) atoms. The molecule has 88 valence electrons. The molecule has 1 heterocycles. The quantitative estimate of drug-likeness (QED) is 0.769. The number of ketones is 1. The van der Waals surface area contributed by atoms with Gasteiger partial charge in [0.05, 0.1) is 15.4 Å². The summed E-state index contributed by atoms with van der Waals surface area (Å²) in [5.41, 5.74) is -0.0729. The number of benzene rings is 1. The van der Waals surface area contributed by atoms with Crippen LogP contribution in [0, 0.1) is 25.5 Å². The van der Waals surface area contributed by atoms with E-state index in [1.165, 1.54) is 25.3 Å². The lowest BCUT2D eigenvalue weighted by Crippen LogP contribution is -2.05. The van der Waals surface area contributed by atoms with E-state index in [1.54, 1.807) is 6.92 Å². The second kappa shape index (κ2) is 4.33. The zero-order valence-electron chi connectivity index (χ0n) is 9.25. The SMILES string of the molecule is Cc1ncc(C(=O)c2ccc(C)c(F)c2F)s1. The summed E-state index contributed by atoms with van der Waals surface area (Å²) >= 11 is 1.16. The van der Waals surface area contributed by atoms with Gasteiger partial charge in [-0.25, -0.2) is 13.8 Å². The number of thiazole rings is 1. The first-order valence-corrected chi connectivity index (χ1v) is 5.74. The summed E-state index contributed by atoms with van der Waals surface area (Å²) in [6.45, 7) is 3.19. The number of hydrogen-bond donors (Lipinski definition) is 0. The molecule has 1 aromatic carbocycles. The van der Waals surface area contributed by atoms with Crippen molar-refractivity contribution in [3.8, 4) is 0 Å². The summed E-state index contributed by atoms with van der Waals surface area (Å²) in [6, 6.07) is 2.69. The van der Waals surface area contributed by atoms with E-state index in [0.717, 1.165) is 11.3 Å². The summed E-state index contributed by atoms with van der Waals surface area (Å²) in [5.74, 6) is -2.61. The highest BCUT2D eigenvalue weighted by Gasteiger charge is 2.19. The fraction of sp³-hybridized carbons (Fsp3) is 0.167. The Balaban J connectivity index is 2.48. The molecular weight excluding hydrogens is 244 g/mol. The van der Waals surface area contributed by atoms with Crippen LogP contribution in [0.25, 0.3) is 0 Å². The van der Waals surface area contributed by atoms with Crippen molar-refractivity contribution in [3.63, 3.8) is 0 Å². The van der Waals surface area contributed by atoms with Crippen molar-refractivity contribution in [1.82, 2.24) is 4.98 Å². The molecule has 1 aromatic heterocycles. The van der Waals surface area contributed by atoms with E-state index >= 15 is 0 Å². The van der Waals surface area contributed by atoms with Gasteiger partial charge in [0.2, 0.25) is 5.78 Å². The van der Waals surface area contributed by atoms with Crippen LogP contribution >= 0.6 is 11.3 Å². The van der Waals surface area contributed by atoms with Crippen LogP contribution in [0.2, 0.25) is 0 Å². The van der Waals surface area contributed by atoms with Gasteiger partial charge in [0.1, 0.15) is 0 Å². The Kier molecular flexibility index (Phi) is 3.02. The third-order valence-electron chi connectivity index (χ3n) is 2.37. The molecule has 0 saturated carbocycles. The number of aromatic nitrogens is 1. The Labute approximate surface area is 101 Å². The summed E-state index contributed by atoms with van der Waals surface area (Å²) in [4.78, 5) is 16.1. The normalized spacial score (nSPS) is 10.6. The Morgan fingerprint density at radius 1 is 1.24 bits per heavy atom. The van der Waals surface area contributed by atoms with Crippen LogP contribution in [0.1, 0.15) is 25.8 Å². The molecule has 0 atom stereocenters. The fourth-order valence-corrected chi connectivity index (χ4v) is 2.15. The largest absolute Gasteiger partial charge is 0.288 e. The molecular formula is C12H9F2NOS. The maximum atomic E-state index is 13.6. The number of nitrogens with zero attached hydrogens (tertiary/aromatic N) is 1. The maximum absolute atomic E-state index is 13.6. The van der Waals surface area contributed by atoms with Crippen LogP contribution < -0.4 is 0 Å². The Hall–Kier alpha value is -1.62. The van der Waals surface area contributed by atoms with Gasteiger partial charge in [0, 0.05) is 6.20 Å². The van der Waals surface area contributed by atoms with Crippen LogP contribution in [0.3, 0.4) is 0 Å². The Morgan fingerprint density at radius 3 is 2.53 bits per heavy atom. The van der Waals surface area contributed by atoms with Gasteiger partial charge in [-0.05, 0) is 25.5 Å². The zero-order chi connectivity index (χ0) is 12.6.